The summed E-state index contributed by atoms with van der Waals surface area (Å²) in [6, 6.07) is 6.23. The van der Waals surface area contributed by atoms with Gasteiger partial charge in [-0.3, -0.25) is 4.79 Å². The molecule has 3 rings (SSSR count). The zero-order chi connectivity index (χ0) is 24.3. The summed E-state index contributed by atoms with van der Waals surface area (Å²) in [7, 11) is 1.48. The molecule has 0 radical (unpaired) electrons. The Hall–Kier alpha value is -1.71. The van der Waals surface area contributed by atoms with Crippen LogP contribution in [0.25, 0.3) is 0 Å². The molecule has 0 unspecified atom stereocenters. The standard InChI is InChI=1S/C21H30O12/c1-30-10-4-2-9(3-5-10)12(24)6-11-15(25)19(14(8-23)31-20(11)29)33-21-18(28)17(27)16(26)13(7-22)32-21/h2-5,11,13-23,25-29H,6-8H2,1H3/t11-,13-,14-,15-,16-,17+,18-,19-,20-,21-/m1/s1. The van der Waals surface area contributed by atoms with Crippen LogP contribution in [-0.4, -0.2) is 117 Å². The van der Waals surface area contributed by atoms with Gasteiger partial charge >= 0.3 is 0 Å². The fraction of sp³-hybridized carbons (Fsp3) is 0.667. The Morgan fingerprint density at radius 1 is 0.879 bits per heavy atom. The molecule has 0 aliphatic carbocycles. The maximum atomic E-state index is 12.7. The van der Waals surface area contributed by atoms with E-state index in [2.05, 4.69) is 0 Å². The molecule has 0 spiro atoms. The third-order valence-electron chi connectivity index (χ3n) is 5.97. The number of hydrogen-bond donors (Lipinski definition) is 7. The maximum absolute atomic E-state index is 12.7. The second-order valence-electron chi connectivity index (χ2n) is 8.06. The Morgan fingerprint density at radius 3 is 2.09 bits per heavy atom. The van der Waals surface area contributed by atoms with E-state index in [0.717, 1.165) is 0 Å². The third kappa shape index (κ3) is 5.52. The molecule has 7 N–H and O–H groups in total. The van der Waals surface area contributed by atoms with Crippen molar-refractivity contribution < 1.29 is 59.5 Å². The summed E-state index contributed by atoms with van der Waals surface area (Å²) in [5.74, 6) is -1.01. The predicted octanol–water partition coefficient (Wildman–Crippen LogP) is -2.86. The van der Waals surface area contributed by atoms with Crippen molar-refractivity contribution in [2.75, 3.05) is 20.3 Å². The molecule has 1 aromatic rings. The topological polar surface area (TPSA) is 196 Å². The molecule has 1 aromatic carbocycles. The van der Waals surface area contributed by atoms with Crippen LogP contribution in [0.1, 0.15) is 16.8 Å². The number of Topliss-reactive ketones (excluding diaryl/α,β-unsaturated/α-hetero) is 1. The Labute approximate surface area is 189 Å². The summed E-state index contributed by atoms with van der Waals surface area (Å²) in [5.41, 5.74) is 0.311. The lowest BCUT2D eigenvalue weighted by Gasteiger charge is -2.46. The van der Waals surface area contributed by atoms with Gasteiger partial charge in [0.2, 0.25) is 0 Å². The largest absolute Gasteiger partial charge is 0.497 e. The van der Waals surface area contributed by atoms with Gasteiger partial charge in [-0.2, -0.15) is 0 Å². The van der Waals surface area contributed by atoms with Gasteiger partial charge in [-0.15, -0.1) is 0 Å². The summed E-state index contributed by atoms with van der Waals surface area (Å²) in [5, 5.41) is 70.3. The van der Waals surface area contributed by atoms with Gasteiger partial charge in [0.1, 0.15) is 42.4 Å². The Bertz CT molecular complexity index is 771. The van der Waals surface area contributed by atoms with Crippen LogP contribution in [0, 0.1) is 5.92 Å². The molecule has 12 nitrogen and oxygen atoms in total. The Morgan fingerprint density at radius 2 is 1.52 bits per heavy atom. The molecule has 12 heteroatoms. The minimum Gasteiger partial charge on any atom is -0.497 e. The number of aliphatic hydroxyl groups excluding tert-OH is 7. The third-order valence-corrected chi connectivity index (χ3v) is 5.97. The van der Waals surface area contributed by atoms with Gasteiger partial charge in [0.05, 0.1) is 26.4 Å². The quantitative estimate of drug-likeness (QED) is 0.191. The molecule has 2 aliphatic heterocycles. The fourth-order valence-electron chi connectivity index (χ4n) is 3.97. The zero-order valence-corrected chi connectivity index (χ0v) is 17.9. The fourth-order valence-corrected chi connectivity index (χ4v) is 3.97. The zero-order valence-electron chi connectivity index (χ0n) is 17.9. The molecule has 2 fully saturated rings. The first-order chi connectivity index (χ1) is 15.7. The van der Waals surface area contributed by atoms with E-state index in [-0.39, 0.29) is 6.42 Å². The number of rotatable bonds is 8. The first-order valence-corrected chi connectivity index (χ1v) is 10.5. The summed E-state index contributed by atoms with van der Waals surface area (Å²) < 4.78 is 21.2. The van der Waals surface area contributed by atoms with Crippen LogP contribution in [0.2, 0.25) is 0 Å². The SMILES string of the molecule is COc1ccc(C(=O)C[C@@H]2[C@@H](O)[C@H](O[C@H]3O[C@H](CO)[C@@H](O)[C@H](O)[C@H]3O)[C@@H](CO)O[C@H]2O)cc1. The van der Waals surface area contributed by atoms with E-state index in [1.807, 2.05) is 0 Å². The van der Waals surface area contributed by atoms with Crippen molar-refractivity contribution in [1.82, 2.24) is 0 Å². The monoisotopic (exact) mass is 474 g/mol. The van der Waals surface area contributed by atoms with Gasteiger partial charge in [-0.05, 0) is 24.3 Å². The number of benzene rings is 1. The van der Waals surface area contributed by atoms with Crippen molar-refractivity contribution in [2.45, 2.75) is 61.7 Å². The van der Waals surface area contributed by atoms with Gasteiger partial charge in [-0.1, -0.05) is 0 Å². The van der Waals surface area contributed by atoms with E-state index in [1.165, 1.54) is 19.2 Å². The second kappa shape index (κ2) is 11.1. The summed E-state index contributed by atoms with van der Waals surface area (Å²) in [6.45, 7) is -1.37. The smallest absolute Gasteiger partial charge is 0.187 e. The lowest BCUT2D eigenvalue weighted by atomic mass is 9.85. The van der Waals surface area contributed by atoms with E-state index in [9.17, 15) is 40.5 Å². The molecule has 2 heterocycles. The van der Waals surface area contributed by atoms with E-state index < -0.39 is 80.2 Å². The van der Waals surface area contributed by atoms with Crippen molar-refractivity contribution in [2.24, 2.45) is 5.92 Å². The van der Waals surface area contributed by atoms with E-state index >= 15 is 0 Å². The van der Waals surface area contributed by atoms with E-state index in [0.29, 0.717) is 11.3 Å². The molecule has 0 bridgehead atoms. The van der Waals surface area contributed by atoms with Crippen LogP contribution in [0.4, 0.5) is 0 Å². The van der Waals surface area contributed by atoms with Gasteiger partial charge in [0.25, 0.3) is 0 Å². The highest BCUT2D eigenvalue weighted by Gasteiger charge is 2.50. The van der Waals surface area contributed by atoms with Crippen LogP contribution in [0.15, 0.2) is 24.3 Å². The van der Waals surface area contributed by atoms with Crippen molar-refractivity contribution in [3.63, 3.8) is 0 Å². The normalized spacial score (nSPS) is 39.3. The van der Waals surface area contributed by atoms with Crippen molar-refractivity contribution >= 4 is 5.78 Å². The number of ketones is 1. The highest BCUT2D eigenvalue weighted by Crippen LogP contribution is 2.33. The number of aliphatic hydroxyl groups is 7. The molecule has 2 saturated heterocycles. The molecule has 10 atom stereocenters. The molecule has 2 aliphatic rings. The van der Waals surface area contributed by atoms with Crippen LogP contribution in [0.5, 0.6) is 5.75 Å². The van der Waals surface area contributed by atoms with Gasteiger partial charge in [0.15, 0.2) is 18.4 Å². The molecule has 0 amide bonds. The number of carbonyl (C=O) groups is 1. The first-order valence-electron chi connectivity index (χ1n) is 10.5. The highest BCUT2D eigenvalue weighted by atomic mass is 16.7. The summed E-state index contributed by atoms with van der Waals surface area (Å²) in [6.07, 6.45) is -14.0. The Balaban J connectivity index is 1.74. The molecule has 0 aromatic heterocycles. The minimum atomic E-state index is -1.75. The van der Waals surface area contributed by atoms with Crippen LogP contribution >= 0.6 is 0 Å². The number of carbonyl (C=O) groups excluding carboxylic acids is 1. The van der Waals surface area contributed by atoms with Crippen LogP contribution < -0.4 is 4.74 Å². The maximum Gasteiger partial charge on any atom is 0.187 e. The van der Waals surface area contributed by atoms with Gasteiger partial charge in [-0.25, -0.2) is 0 Å². The number of methoxy groups -OCH3 is 1. The lowest BCUT2D eigenvalue weighted by molar-refractivity contribution is -0.350. The van der Waals surface area contributed by atoms with Crippen molar-refractivity contribution in [3.05, 3.63) is 29.8 Å². The average molecular weight is 474 g/mol. The molecular weight excluding hydrogens is 444 g/mol. The average Bonchev–Trinajstić information content (AvgIpc) is 2.83. The predicted molar refractivity (Wildman–Crippen MR) is 108 cm³/mol. The number of ether oxygens (including phenoxy) is 4. The molecule has 33 heavy (non-hydrogen) atoms. The second-order valence-corrected chi connectivity index (χ2v) is 8.06. The molecule has 0 saturated carbocycles. The minimum absolute atomic E-state index is 0.311. The lowest BCUT2D eigenvalue weighted by Crippen LogP contribution is -2.63. The molecule has 186 valence electrons. The van der Waals surface area contributed by atoms with E-state index in [4.69, 9.17) is 18.9 Å². The number of hydrogen-bond acceptors (Lipinski definition) is 12. The summed E-state index contributed by atoms with van der Waals surface area (Å²) >= 11 is 0. The summed E-state index contributed by atoms with van der Waals surface area (Å²) in [4.78, 5) is 12.7. The Kier molecular flexibility index (Phi) is 8.75. The van der Waals surface area contributed by atoms with Crippen molar-refractivity contribution in [3.8, 4) is 5.75 Å². The van der Waals surface area contributed by atoms with Crippen molar-refractivity contribution in [1.29, 1.82) is 0 Å². The van der Waals surface area contributed by atoms with E-state index in [1.54, 1.807) is 12.1 Å². The van der Waals surface area contributed by atoms with Gasteiger partial charge in [0, 0.05) is 17.9 Å². The molecular formula is C21H30O12. The van der Waals surface area contributed by atoms with Gasteiger partial charge < -0.3 is 54.7 Å². The first kappa shape index (κ1) is 25.9. The van der Waals surface area contributed by atoms with Crippen LogP contribution in [-0.2, 0) is 14.2 Å². The van der Waals surface area contributed by atoms with Crippen LogP contribution in [0.3, 0.4) is 0 Å². The highest BCUT2D eigenvalue weighted by molar-refractivity contribution is 5.96.